The monoisotopic (exact) mass is 347 g/mol. The van der Waals surface area contributed by atoms with E-state index in [0.29, 0.717) is 17.1 Å². The number of alkyl halides is 3. The molecule has 0 bridgehead atoms. The van der Waals surface area contributed by atoms with E-state index in [-0.39, 0.29) is 11.5 Å². The van der Waals surface area contributed by atoms with Crippen molar-refractivity contribution < 1.29 is 18.0 Å². The minimum absolute atomic E-state index is 0.217. The number of nitrogens with zero attached hydrogens (tertiary/aromatic N) is 2. The number of primary amides is 1. The molecule has 0 atom stereocenters. The molecule has 1 heterocycles. The maximum absolute atomic E-state index is 12.6. The minimum atomic E-state index is -4.39. The average molecular weight is 347 g/mol. The number of amides is 1. The number of carbonyl (C=O) groups excluding carboxylic acids is 1. The van der Waals surface area contributed by atoms with Gasteiger partial charge >= 0.3 is 6.18 Å². The van der Waals surface area contributed by atoms with E-state index in [4.69, 9.17) is 5.73 Å². The van der Waals surface area contributed by atoms with Gasteiger partial charge in [0.2, 0.25) is 11.9 Å². The van der Waals surface area contributed by atoms with E-state index in [9.17, 15) is 18.0 Å². The summed E-state index contributed by atoms with van der Waals surface area (Å²) < 4.78 is 37.7. The fourth-order valence-electron chi connectivity index (χ4n) is 2.22. The maximum Gasteiger partial charge on any atom is 0.416 e. The van der Waals surface area contributed by atoms with Crippen LogP contribution in [0.4, 0.5) is 24.8 Å². The van der Waals surface area contributed by atoms with Crippen LogP contribution in [-0.4, -0.2) is 21.1 Å². The lowest BCUT2D eigenvalue weighted by atomic mass is 10.1. The van der Waals surface area contributed by atoms with Gasteiger partial charge < -0.3 is 16.0 Å². The number of benzene rings is 2. The average Bonchev–Trinajstić information content (AvgIpc) is 3.03. The smallest absolute Gasteiger partial charge is 0.366 e. The third-order valence-corrected chi connectivity index (χ3v) is 3.41. The van der Waals surface area contributed by atoms with E-state index in [0.717, 1.165) is 12.1 Å². The zero-order valence-electron chi connectivity index (χ0n) is 12.6. The number of rotatable bonds is 4. The summed E-state index contributed by atoms with van der Waals surface area (Å²) in [6.07, 6.45) is -4.39. The molecule has 2 aromatic carbocycles. The molecule has 0 fully saturated rings. The summed E-state index contributed by atoms with van der Waals surface area (Å²) in [5.74, 6) is -0.0814. The predicted molar refractivity (Wildman–Crippen MR) is 85.1 cm³/mol. The van der Waals surface area contributed by atoms with Crippen LogP contribution in [-0.2, 0) is 6.18 Å². The van der Waals surface area contributed by atoms with Crippen molar-refractivity contribution in [3.63, 3.8) is 0 Å². The van der Waals surface area contributed by atoms with Crippen molar-refractivity contribution in [2.75, 3.05) is 5.32 Å². The number of aromatic nitrogens is 3. The molecular weight excluding hydrogens is 335 g/mol. The molecular formula is C16H12F3N5O. The molecule has 0 aliphatic carbocycles. The second kappa shape index (κ2) is 6.27. The van der Waals surface area contributed by atoms with Crippen molar-refractivity contribution in [3.8, 4) is 11.4 Å². The third kappa shape index (κ3) is 3.60. The van der Waals surface area contributed by atoms with Crippen LogP contribution in [0.5, 0.6) is 0 Å². The van der Waals surface area contributed by atoms with Crippen molar-refractivity contribution in [2.45, 2.75) is 6.18 Å². The van der Waals surface area contributed by atoms with Crippen LogP contribution < -0.4 is 11.1 Å². The van der Waals surface area contributed by atoms with Crippen LogP contribution in [0.15, 0.2) is 48.5 Å². The summed E-state index contributed by atoms with van der Waals surface area (Å²) in [5.41, 5.74) is 5.73. The van der Waals surface area contributed by atoms with Crippen LogP contribution in [0.3, 0.4) is 0 Å². The van der Waals surface area contributed by atoms with Gasteiger partial charge in [-0.25, -0.2) is 0 Å². The standard InChI is InChI=1S/C16H12F3N5O/c17-16(18,19)9-5-7-10(8-6-9)21-15-22-14(23-24-15)12-4-2-1-3-11(12)13(20)25/h1-8H,(H2,20,25)(H2,21,22,23,24). The number of aromatic amines is 1. The van der Waals surface area contributed by atoms with E-state index in [1.165, 1.54) is 12.1 Å². The fraction of sp³-hybridized carbons (Fsp3) is 0.0625. The van der Waals surface area contributed by atoms with Crippen molar-refractivity contribution in [1.82, 2.24) is 15.2 Å². The minimum Gasteiger partial charge on any atom is -0.366 e. The fourth-order valence-corrected chi connectivity index (χ4v) is 2.22. The van der Waals surface area contributed by atoms with Gasteiger partial charge in [-0.2, -0.15) is 13.2 Å². The van der Waals surface area contributed by atoms with Crippen LogP contribution in [0.1, 0.15) is 15.9 Å². The molecule has 1 aromatic heterocycles. The highest BCUT2D eigenvalue weighted by molar-refractivity contribution is 5.99. The zero-order chi connectivity index (χ0) is 18.0. The molecule has 0 aliphatic rings. The molecule has 0 aliphatic heterocycles. The van der Waals surface area contributed by atoms with E-state index >= 15 is 0 Å². The predicted octanol–water partition coefficient (Wildman–Crippen LogP) is 3.33. The van der Waals surface area contributed by atoms with Gasteiger partial charge in [0, 0.05) is 11.3 Å². The summed E-state index contributed by atoms with van der Waals surface area (Å²) in [4.78, 5) is 14.3. The van der Waals surface area contributed by atoms with E-state index in [1.54, 1.807) is 24.3 Å². The molecule has 3 aromatic rings. The number of H-pyrrole nitrogens is 1. The first-order valence-corrected chi connectivity index (χ1v) is 7.11. The number of anilines is 2. The van der Waals surface area contributed by atoms with Crippen molar-refractivity contribution in [3.05, 3.63) is 59.7 Å². The van der Waals surface area contributed by atoms with Crippen LogP contribution >= 0.6 is 0 Å². The molecule has 0 spiro atoms. The van der Waals surface area contributed by atoms with E-state index in [2.05, 4.69) is 20.5 Å². The molecule has 9 heteroatoms. The lowest BCUT2D eigenvalue weighted by molar-refractivity contribution is -0.137. The van der Waals surface area contributed by atoms with Crippen molar-refractivity contribution in [1.29, 1.82) is 0 Å². The Morgan fingerprint density at radius 3 is 2.36 bits per heavy atom. The summed E-state index contributed by atoms with van der Waals surface area (Å²) in [7, 11) is 0. The number of carbonyl (C=O) groups is 1. The van der Waals surface area contributed by atoms with Crippen LogP contribution in [0.25, 0.3) is 11.4 Å². The summed E-state index contributed by atoms with van der Waals surface area (Å²) in [6, 6.07) is 11.1. The largest absolute Gasteiger partial charge is 0.416 e. The molecule has 0 radical (unpaired) electrons. The lowest BCUT2D eigenvalue weighted by Gasteiger charge is -2.07. The molecule has 128 valence electrons. The van der Waals surface area contributed by atoms with Gasteiger partial charge in [-0.3, -0.25) is 4.79 Å². The van der Waals surface area contributed by atoms with Gasteiger partial charge in [-0.1, -0.05) is 18.2 Å². The number of hydrogen-bond acceptors (Lipinski definition) is 4. The Hall–Kier alpha value is -3.36. The highest BCUT2D eigenvalue weighted by Crippen LogP contribution is 2.30. The molecule has 4 N–H and O–H groups in total. The summed E-state index contributed by atoms with van der Waals surface area (Å²) >= 11 is 0. The highest BCUT2D eigenvalue weighted by Gasteiger charge is 2.29. The second-order valence-electron chi connectivity index (χ2n) is 5.13. The van der Waals surface area contributed by atoms with E-state index in [1.807, 2.05) is 0 Å². The quantitative estimate of drug-likeness (QED) is 0.674. The Kier molecular flexibility index (Phi) is 4.14. The van der Waals surface area contributed by atoms with Gasteiger partial charge in [-0.05, 0) is 30.3 Å². The molecule has 0 saturated carbocycles. The number of nitrogens with one attached hydrogen (secondary N) is 2. The maximum atomic E-state index is 12.6. The van der Waals surface area contributed by atoms with Gasteiger partial charge in [0.15, 0.2) is 5.82 Å². The summed E-state index contributed by atoms with van der Waals surface area (Å²) in [6.45, 7) is 0. The molecule has 6 nitrogen and oxygen atoms in total. The van der Waals surface area contributed by atoms with Gasteiger partial charge in [0.25, 0.3) is 0 Å². The molecule has 1 amide bonds. The van der Waals surface area contributed by atoms with Crippen molar-refractivity contribution in [2.24, 2.45) is 5.73 Å². The van der Waals surface area contributed by atoms with E-state index < -0.39 is 17.6 Å². The Balaban J connectivity index is 1.82. The SMILES string of the molecule is NC(=O)c1ccccc1-c1nnc(Nc2ccc(C(F)(F)F)cc2)[nH]1. The molecule has 3 rings (SSSR count). The molecule has 0 unspecified atom stereocenters. The Morgan fingerprint density at radius 2 is 1.72 bits per heavy atom. The normalized spacial score (nSPS) is 11.3. The Bertz CT molecular complexity index is 903. The first-order valence-electron chi connectivity index (χ1n) is 7.11. The van der Waals surface area contributed by atoms with Gasteiger partial charge in [0.1, 0.15) is 0 Å². The highest BCUT2D eigenvalue weighted by atomic mass is 19.4. The van der Waals surface area contributed by atoms with Gasteiger partial charge in [-0.15, -0.1) is 10.2 Å². The number of nitrogens with two attached hydrogens (primary N) is 1. The second-order valence-corrected chi connectivity index (χ2v) is 5.13. The van der Waals surface area contributed by atoms with Crippen LogP contribution in [0, 0.1) is 0 Å². The molecule has 0 saturated heterocycles. The third-order valence-electron chi connectivity index (χ3n) is 3.41. The topological polar surface area (TPSA) is 96.7 Å². The summed E-state index contributed by atoms with van der Waals surface area (Å²) in [5, 5.41) is 10.6. The first kappa shape index (κ1) is 16.5. The zero-order valence-corrected chi connectivity index (χ0v) is 12.6. The number of halogens is 3. The van der Waals surface area contributed by atoms with Crippen molar-refractivity contribution >= 4 is 17.5 Å². The van der Waals surface area contributed by atoms with Gasteiger partial charge in [0.05, 0.1) is 11.1 Å². The molecule has 25 heavy (non-hydrogen) atoms. The number of hydrogen-bond donors (Lipinski definition) is 3. The first-order chi connectivity index (χ1) is 11.8. The Labute approximate surface area is 139 Å². The Morgan fingerprint density at radius 1 is 1.04 bits per heavy atom. The van der Waals surface area contributed by atoms with Crippen LogP contribution in [0.2, 0.25) is 0 Å². The lowest BCUT2D eigenvalue weighted by Crippen LogP contribution is -2.12.